The second kappa shape index (κ2) is 5.84. The van der Waals surface area contributed by atoms with Gasteiger partial charge in [-0.1, -0.05) is 0 Å². The Balaban J connectivity index is 4.81. The van der Waals surface area contributed by atoms with Gasteiger partial charge < -0.3 is 17.2 Å². The van der Waals surface area contributed by atoms with Crippen LogP contribution in [0.25, 0.3) is 0 Å². The van der Waals surface area contributed by atoms with Gasteiger partial charge in [-0.2, -0.15) is 13.2 Å². The lowest BCUT2D eigenvalue weighted by Gasteiger charge is -2.05. The molecular formula is C9H13F3N4. The van der Waals surface area contributed by atoms with Crippen LogP contribution in [-0.4, -0.2) is 12.4 Å². The SMILES string of the molecule is CC(N)=CC=NC(/C=C(\N)C(F)(F)F)=C/N. The average Bonchev–Trinajstić information content (AvgIpc) is 2.13. The van der Waals surface area contributed by atoms with Crippen molar-refractivity contribution in [3.63, 3.8) is 0 Å². The third-order valence-electron chi connectivity index (χ3n) is 1.36. The van der Waals surface area contributed by atoms with E-state index in [9.17, 15) is 13.2 Å². The van der Waals surface area contributed by atoms with Gasteiger partial charge in [0.2, 0.25) is 0 Å². The number of alkyl halides is 3. The van der Waals surface area contributed by atoms with Gasteiger partial charge in [-0.25, -0.2) is 0 Å². The van der Waals surface area contributed by atoms with Gasteiger partial charge in [0.25, 0.3) is 0 Å². The molecule has 0 aromatic rings. The largest absolute Gasteiger partial charge is 0.430 e. The minimum absolute atomic E-state index is 0.104. The van der Waals surface area contributed by atoms with Crippen LogP contribution < -0.4 is 17.2 Å². The van der Waals surface area contributed by atoms with Crippen LogP contribution in [0.5, 0.6) is 0 Å². The molecule has 0 aliphatic carbocycles. The molecule has 0 aromatic carbocycles. The number of rotatable bonds is 3. The molecule has 0 saturated heterocycles. The molecule has 0 spiro atoms. The molecule has 0 aromatic heterocycles. The molecule has 0 aliphatic heterocycles. The Morgan fingerprint density at radius 3 is 2.19 bits per heavy atom. The summed E-state index contributed by atoms with van der Waals surface area (Å²) >= 11 is 0. The van der Waals surface area contributed by atoms with Gasteiger partial charge in [-0.3, -0.25) is 4.99 Å². The van der Waals surface area contributed by atoms with E-state index in [1.807, 2.05) is 0 Å². The number of hydrogen-bond acceptors (Lipinski definition) is 4. The summed E-state index contributed by atoms with van der Waals surface area (Å²) in [6.07, 6.45) is -0.399. The molecule has 0 aliphatic rings. The molecule has 4 nitrogen and oxygen atoms in total. The molecule has 0 rings (SSSR count). The summed E-state index contributed by atoms with van der Waals surface area (Å²) in [5.41, 5.74) is 14.3. The zero-order valence-corrected chi connectivity index (χ0v) is 8.62. The van der Waals surface area contributed by atoms with Crippen LogP contribution in [0, 0.1) is 0 Å². The van der Waals surface area contributed by atoms with Crippen molar-refractivity contribution in [2.45, 2.75) is 13.1 Å². The van der Waals surface area contributed by atoms with Crippen LogP contribution in [0.3, 0.4) is 0 Å². The van der Waals surface area contributed by atoms with Gasteiger partial charge in [0.1, 0.15) is 5.70 Å². The summed E-state index contributed by atoms with van der Waals surface area (Å²) in [7, 11) is 0. The molecule has 6 N–H and O–H groups in total. The van der Waals surface area contributed by atoms with E-state index in [0.717, 1.165) is 6.20 Å². The number of nitrogens with two attached hydrogens (primary N) is 3. The van der Waals surface area contributed by atoms with E-state index < -0.39 is 11.9 Å². The summed E-state index contributed by atoms with van der Waals surface area (Å²) < 4.78 is 36.2. The van der Waals surface area contributed by atoms with Gasteiger partial charge >= 0.3 is 6.18 Å². The van der Waals surface area contributed by atoms with Crippen LogP contribution >= 0.6 is 0 Å². The summed E-state index contributed by atoms with van der Waals surface area (Å²) in [5, 5.41) is 0. The highest BCUT2D eigenvalue weighted by atomic mass is 19.4. The zero-order chi connectivity index (χ0) is 12.8. The highest BCUT2D eigenvalue weighted by Crippen LogP contribution is 2.22. The fourth-order valence-electron chi connectivity index (χ4n) is 0.610. The van der Waals surface area contributed by atoms with Gasteiger partial charge in [0.15, 0.2) is 0 Å². The van der Waals surface area contributed by atoms with Crippen molar-refractivity contribution < 1.29 is 13.2 Å². The second-order valence-corrected chi connectivity index (χ2v) is 2.88. The average molecular weight is 234 g/mol. The van der Waals surface area contributed by atoms with Crippen LogP contribution in [0.15, 0.2) is 40.4 Å². The molecule has 0 bridgehead atoms. The second-order valence-electron chi connectivity index (χ2n) is 2.88. The lowest BCUT2D eigenvalue weighted by atomic mass is 10.3. The van der Waals surface area contributed by atoms with Crippen molar-refractivity contribution in [3.05, 3.63) is 35.4 Å². The monoisotopic (exact) mass is 234 g/mol. The summed E-state index contributed by atoms with van der Waals surface area (Å²) in [4.78, 5) is 3.63. The van der Waals surface area contributed by atoms with E-state index in [0.29, 0.717) is 11.8 Å². The predicted molar refractivity (Wildman–Crippen MR) is 57.0 cm³/mol. The minimum atomic E-state index is -4.59. The van der Waals surface area contributed by atoms with E-state index in [1.165, 1.54) is 12.3 Å². The van der Waals surface area contributed by atoms with Crippen molar-refractivity contribution in [2.24, 2.45) is 22.2 Å². The first kappa shape index (κ1) is 14.1. The first-order valence-electron chi connectivity index (χ1n) is 4.20. The van der Waals surface area contributed by atoms with E-state index in [-0.39, 0.29) is 5.70 Å². The maximum atomic E-state index is 12.1. The lowest BCUT2D eigenvalue weighted by molar-refractivity contribution is -0.0926. The van der Waals surface area contributed by atoms with E-state index in [1.54, 1.807) is 6.92 Å². The first-order chi connectivity index (χ1) is 7.27. The molecular weight excluding hydrogens is 221 g/mol. The quantitative estimate of drug-likeness (QED) is 0.505. The Bertz CT molecular complexity index is 346. The highest BCUT2D eigenvalue weighted by Gasteiger charge is 2.31. The molecule has 0 heterocycles. The van der Waals surface area contributed by atoms with Crippen LogP contribution in [-0.2, 0) is 0 Å². The Kier molecular flexibility index (Phi) is 5.14. The molecule has 0 atom stereocenters. The standard InChI is InChI=1S/C9H13F3N4/c1-6(14)2-3-16-7(5-13)4-8(15)9(10,11)12/h2-5H,13-15H2,1H3/b6-2?,7-5+,8-4-,16-3?. The van der Waals surface area contributed by atoms with Crippen LogP contribution in [0.1, 0.15) is 6.92 Å². The number of allylic oxidation sites excluding steroid dienone is 4. The lowest BCUT2D eigenvalue weighted by Crippen LogP contribution is -2.19. The Labute approximate surface area is 91.0 Å². The molecule has 0 saturated carbocycles. The van der Waals surface area contributed by atoms with Gasteiger partial charge in [0.05, 0.1) is 5.70 Å². The molecule has 16 heavy (non-hydrogen) atoms. The molecule has 90 valence electrons. The fraction of sp³-hybridized carbons (Fsp3) is 0.222. The first-order valence-corrected chi connectivity index (χ1v) is 4.20. The van der Waals surface area contributed by atoms with Gasteiger partial charge in [-0.05, 0) is 19.1 Å². The number of hydrogen-bond donors (Lipinski definition) is 3. The Morgan fingerprint density at radius 2 is 1.81 bits per heavy atom. The Morgan fingerprint density at radius 1 is 1.25 bits per heavy atom. The zero-order valence-electron chi connectivity index (χ0n) is 8.62. The van der Waals surface area contributed by atoms with Gasteiger partial charge in [0, 0.05) is 18.1 Å². The smallest absolute Gasteiger partial charge is 0.403 e. The van der Waals surface area contributed by atoms with Crippen molar-refractivity contribution in [1.29, 1.82) is 0 Å². The fourth-order valence-corrected chi connectivity index (χ4v) is 0.610. The van der Waals surface area contributed by atoms with E-state index in [4.69, 9.17) is 17.2 Å². The topological polar surface area (TPSA) is 90.4 Å². The summed E-state index contributed by atoms with van der Waals surface area (Å²) in [6.45, 7) is 1.61. The molecule has 0 radical (unpaired) electrons. The van der Waals surface area contributed by atoms with Crippen molar-refractivity contribution in [3.8, 4) is 0 Å². The summed E-state index contributed by atoms with van der Waals surface area (Å²) in [6, 6.07) is 0. The van der Waals surface area contributed by atoms with Crippen molar-refractivity contribution in [2.75, 3.05) is 0 Å². The van der Waals surface area contributed by atoms with Gasteiger partial charge in [-0.15, -0.1) is 0 Å². The van der Waals surface area contributed by atoms with Crippen LogP contribution in [0.4, 0.5) is 13.2 Å². The predicted octanol–water partition coefficient (Wildman–Crippen LogP) is 1.12. The normalized spacial score (nSPS) is 15.9. The molecule has 0 fully saturated rings. The third kappa shape index (κ3) is 5.74. The maximum Gasteiger partial charge on any atom is 0.430 e. The number of halogens is 3. The molecule has 0 amide bonds. The maximum absolute atomic E-state index is 12.1. The molecule has 0 unspecified atom stereocenters. The van der Waals surface area contributed by atoms with E-state index >= 15 is 0 Å². The van der Waals surface area contributed by atoms with Crippen molar-refractivity contribution >= 4 is 6.21 Å². The minimum Gasteiger partial charge on any atom is -0.403 e. The van der Waals surface area contributed by atoms with E-state index in [2.05, 4.69) is 4.99 Å². The summed E-state index contributed by atoms with van der Waals surface area (Å²) in [5.74, 6) is 0. The van der Waals surface area contributed by atoms with Crippen LogP contribution in [0.2, 0.25) is 0 Å². The number of aliphatic imine (C=N–C) groups is 1. The third-order valence-corrected chi connectivity index (χ3v) is 1.36. The van der Waals surface area contributed by atoms with Crippen molar-refractivity contribution in [1.82, 2.24) is 0 Å². The Hall–Kier alpha value is -1.92. The molecule has 7 heteroatoms. The number of nitrogens with zero attached hydrogens (tertiary/aromatic N) is 1. The highest BCUT2D eigenvalue weighted by molar-refractivity contribution is 5.73.